The number of carbonyl (C=O) groups is 2. The molecule has 1 aromatic carbocycles. The first-order valence-electron chi connectivity index (χ1n) is 5.30. The van der Waals surface area contributed by atoms with Crippen LogP contribution in [0.4, 0.5) is 0 Å². The van der Waals surface area contributed by atoms with Gasteiger partial charge in [-0.1, -0.05) is 0 Å². The highest BCUT2D eigenvalue weighted by atomic mass is 16.5. The van der Waals surface area contributed by atoms with Crippen molar-refractivity contribution in [1.29, 1.82) is 0 Å². The third kappa shape index (κ3) is 3.97. The number of carboxylic acid groups (broad SMARTS) is 2. The zero-order chi connectivity index (χ0) is 13.5. The Bertz CT molecular complexity index is 440. The molecule has 6 nitrogen and oxygen atoms in total. The second-order valence-corrected chi connectivity index (χ2v) is 3.51. The fourth-order valence-electron chi connectivity index (χ4n) is 1.35. The Labute approximate surface area is 104 Å². The van der Waals surface area contributed by atoms with Crippen LogP contribution >= 0.6 is 0 Å². The van der Waals surface area contributed by atoms with Crippen molar-refractivity contribution in [3.8, 4) is 11.5 Å². The quantitative estimate of drug-likeness (QED) is 0.718. The van der Waals surface area contributed by atoms with Crippen LogP contribution in [0.1, 0.15) is 23.2 Å². The molecule has 0 aromatic heterocycles. The summed E-state index contributed by atoms with van der Waals surface area (Å²) in [7, 11) is 1.37. The van der Waals surface area contributed by atoms with Crippen molar-refractivity contribution in [3.05, 3.63) is 23.8 Å². The van der Waals surface area contributed by atoms with E-state index in [-0.39, 0.29) is 24.3 Å². The average Bonchev–Trinajstić information content (AvgIpc) is 2.33. The Morgan fingerprint density at radius 2 is 2.00 bits per heavy atom. The van der Waals surface area contributed by atoms with Crippen LogP contribution in [0.3, 0.4) is 0 Å². The summed E-state index contributed by atoms with van der Waals surface area (Å²) >= 11 is 0. The lowest BCUT2D eigenvalue weighted by Gasteiger charge is -2.09. The maximum Gasteiger partial charge on any atom is 0.339 e. The van der Waals surface area contributed by atoms with Crippen LogP contribution in [0.15, 0.2) is 18.2 Å². The molecule has 0 heterocycles. The summed E-state index contributed by atoms with van der Waals surface area (Å²) in [6.45, 7) is 0.252. The summed E-state index contributed by atoms with van der Waals surface area (Å²) in [6.07, 6.45) is 0.419. The van der Waals surface area contributed by atoms with Crippen LogP contribution < -0.4 is 9.47 Å². The van der Waals surface area contributed by atoms with E-state index in [2.05, 4.69) is 0 Å². The molecule has 0 amide bonds. The van der Waals surface area contributed by atoms with E-state index in [1.54, 1.807) is 0 Å². The maximum atomic E-state index is 10.8. The van der Waals surface area contributed by atoms with Gasteiger partial charge in [0.2, 0.25) is 0 Å². The van der Waals surface area contributed by atoms with Crippen LogP contribution in [0, 0.1) is 0 Å². The topological polar surface area (TPSA) is 93.1 Å². The lowest BCUT2D eigenvalue weighted by molar-refractivity contribution is -0.137. The van der Waals surface area contributed by atoms with Crippen molar-refractivity contribution < 1.29 is 29.3 Å². The number of carboxylic acids is 2. The first kappa shape index (κ1) is 13.8. The van der Waals surface area contributed by atoms with Crippen molar-refractivity contribution in [2.45, 2.75) is 12.8 Å². The van der Waals surface area contributed by atoms with Crippen LogP contribution in [0.5, 0.6) is 11.5 Å². The number of methoxy groups -OCH3 is 1. The molecule has 0 atom stereocenters. The van der Waals surface area contributed by atoms with Gasteiger partial charge in [-0.2, -0.15) is 0 Å². The van der Waals surface area contributed by atoms with Crippen molar-refractivity contribution in [1.82, 2.24) is 0 Å². The van der Waals surface area contributed by atoms with E-state index >= 15 is 0 Å². The van der Waals surface area contributed by atoms with Crippen LogP contribution in [-0.2, 0) is 4.79 Å². The third-order valence-electron chi connectivity index (χ3n) is 2.21. The molecular formula is C12H14O6. The molecule has 0 aliphatic rings. The molecule has 1 aromatic rings. The molecule has 1 rings (SSSR count). The molecule has 0 saturated carbocycles. The van der Waals surface area contributed by atoms with Gasteiger partial charge < -0.3 is 19.7 Å². The number of ether oxygens (including phenoxy) is 2. The second kappa shape index (κ2) is 6.48. The molecule has 0 fully saturated rings. The largest absolute Gasteiger partial charge is 0.496 e. The van der Waals surface area contributed by atoms with Crippen molar-refractivity contribution in [2.75, 3.05) is 13.7 Å². The predicted molar refractivity (Wildman–Crippen MR) is 62.3 cm³/mol. The molecule has 0 bridgehead atoms. The second-order valence-electron chi connectivity index (χ2n) is 3.51. The van der Waals surface area contributed by atoms with E-state index in [1.165, 1.54) is 25.3 Å². The Hall–Kier alpha value is -2.24. The number of aliphatic carboxylic acids is 1. The number of hydrogen-bond acceptors (Lipinski definition) is 4. The van der Waals surface area contributed by atoms with E-state index in [4.69, 9.17) is 19.7 Å². The highest BCUT2D eigenvalue weighted by molar-refractivity contribution is 5.91. The van der Waals surface area contributed by atoms with Gasteiger partial charge in [-0.3, -0.25) is 4.79 Å². The Morgan fingerprint density at radius 3 is 2.56 bits per heavy atom. The minimum Gasteiger partial charge on any atom is -0.496 e. The molecule has 0 saturated heterocycles. The standard InChI is InChI=1S/C12H14O6/c1-17-10-7-8(4-5-9(10)12(15)16)18-6-2-3-11(13)14/h4-5,7H,2-3,6H2,1H3,(H,13,14)(H,15,16). The molecule has 0 spiro atoms. The van der Waals surface area contributed by atoms with Gasteiger partial charge in [0.1, 0.15) is 17.1 Å². The lowest BCUT2D eigenvalue weighted by Crippen LogP contribution is -2.04. The van der Waals surface area contributed by atoms with Gasteiger partial charge in [0.05, 0.1) is 13.7 Å². The van der Waals surface area contributed by atoms with Crippen molar-refractivity contribution >= 4 is 11.9 Å². The molecule has 0 unspecified atom stereocenters. The Morgan fingerprint density at radius 1 is 1.28 bits per heavy atom. The fraction of sp³-hybridized carbons (Fsp3) is 0.333. The van der Waals surface area contributed by atoms with Crippen molar-refractivity contribution in [2.24, 2.45) is 0 Å². The normalized spacial score (nSPS) is 9.83. The number of hydrogen-bond donors (Lipinski definition) is 2. The van der Waals surface area contributed by atoms with E-state index in [0.717, 1.165) is 0 Å². The summed E-state index contributed by atoms with van der Waals surface area (Å²) in [6, 6.07) is 4.35. The summed E-state index contributed by atoms with van der Waals surface area (Å²) in [5, 5.41) is 17.3. The smallest absolute Gasteiger partial charge is 0.339 e. The summed E-state index contributed by atoms with van der Waals surface area (Å²) < 4.78 is 10.2. The minimum absolute atomic E-state index is 0.0321. The van der Waals surface area contributed by atoms with Gasteiger partial charge in [-0.25, -0.2) is 4.79 Å². The van der Waals surface area contributed by atoms with Crippen LogP contribution in [0.2, 0.25) is 0 Å². The highest BCUT2D eigenvalue weighted by Crippen LogP contribution is 2.24. The molecule has 6 heteroatoms. The van der Waals surface area contributed by atoms with Crippen molar-refractivity contribution in [3.63, 3.8) is 0 Å². The Kier molecular flexibility index (Phi) is 4.98. The van der Waals surface area contributed by atoms with Gasteiger partial charge in [0.15, 0.2) is 0 Å². The first-order chi connectivity index (χ1) is 8.54. The summed E-state index contributed by atoms with van der Waals surface area (Å²) in [4.78, 5) is 21.1. The van der Waals surface area contributed by atoms with Gasteiger partial charge in [0.25, 0.3) is 0 Å². The van der Waals surface area contributed by atoms with Gasteiger partial charge in [0, 0.05) is 12.5 Å². The fourth-order valence-corrected chi connectivity index (χ4v) is 1.35. The summed E-state index contributed by atoms with van der Waals surface area (Å²) in [5.74, 6) is -1.30. The molecule has 0 aliphatic carbocycles. The van der Waals surface area contributed by atoms with Gasteiger partial charge in [-0.15, -0.1) is 0 Å². The van der Waals surface area contributed by atoms with E-state index < -0.39 is 11.9 Å². The molecule has 2 N–H and O–H groups in total. The molecule has 0 radical (unpaired) electrons. The average molecular weight is 254 g/mol. The number of benzene rings is 1. The Balaban J connectivity index is 2.62. The first-order valence-corrected chi connectivity index (χ1v) is 5.30. The van der Waals surface area contributed by atoms with E-state index in [9.17, 15) is 9.59 Å². The van der Waals surface area contributed by atoms with Crippen LogP contribution in [-0.4, -0.2) is 35.9 Å². The highest BCUT2D eigenvalue weighted by Gasteiger charge is 2.11. The zero-order valence-corrected chi connectivity index (χ0v) is 9.88. The number of rotatable bonds is 7. The predicted octanol–water partition coefficient (Wildman–Crippen LogP) is 1.64. The lowest BCUT2D eigenvalue weighted by atomic mass is 10.2. The van der Waals surface area contributed by atoms with E-state index in [0.29, 0.717) is 12.2 Å². The SMILES string of the molecule is COc1cc(OCCCC(=O)O)ccc1C(=O)O. The minimum atomic E-state index is -1.08. The third-order valence-corrected chi connectivity index (χ3v) is 2.21. The molecule has 98 valence electrons. The zero-order valence-electron chi connectivity index (χ0n) is 9.88. The van der Waals surface area contributed by atoms with Gasteiger partial charge >= 0.3 is 11.9 Å². The molecule has 18 heavy (non-hydrogen) atoms. The number of aromatic carboxylic acids is 1. The summed E-state index contributed by atoms with van der Waals surface area (Å²) in [5.41, 5.74) is 0.0513. The molecule has 0 aliphatic heterocycles. The monoisotopic (exact) mass is 254 g/mol. The molecular weight excluding hydrogens is 240 g/mol. The van der Waals surface area contributed by atoms with Crippen LogP contribution in [0.25, 0.3) is 0 Å². The maximum absolute atomic E-state index is 10.8. The van der Waals surface area contributed by atoms with E-state index in [1.807, 2.05) is 0 Å². The van der Waals surface area contributed by atoms with Gasteiger partial charge in [-0.05, 0) is 18.6 Å².